The number of carboxylic acids is 1. The number of allylic oxidation sites excluding steroid dienone is 2. The number of carboxylic acid groups (broad SMARTS) is 1. The molecule has 3 nitrogen and oxygen atoms in total. The number of hydrogen-bond donors (Lipinski definition) is 1. The molecule has 4 heteroatoms. The first-order valence-electron chi connectivity index (χ1n) is 4.19. The fourth-order valence-electron chi connectivity index (χ4n) is 1.27. The Morgan fingerprint density at radius 3 is 2.85 bits per heavy atom. The fourth-order valence-corrected chi connectivity index (χ4v) is 2.19. The first kappa shape index (κ1) is 10.3. The molecule has 0 radical (unpaired) electrons. The van der Waals surface area contributed by atoms with Crippen LogP contribution >= 0.6 is 11.8 Å². The highest BCUT2D eigenvalue weighted by Gasteiger charge is 2.17. The van der Waals surface area contributed by atoms with Crippen LogP contribution in [0.2, 0.25) is 0 Å². The monoisotopic (exact) mass is 200 g/mol. The molecule has 1 aliphatic carbocycles. The highest BCUT2D eigenvalue weighted by molar-refractivity contribution is 8.03. The van der Waals surface area contributed by atoms with E-state index in [4.69, 9.17) is 5.11 Å². The largest absolute Gasteiger partial charge is 0.481 e. The summed E-state index contributed by atoms with van der Waals surface area (Å²) in [5.74, 6) is -0.609. The van der Waals surface area contributed by atoms with Crippen molar-refractivity contribution in [2.75, 3.05) is 5.75 Å². The SMILES string of the molecule is CC1=C(SCC(=O)O)CCCC1=O. The van der Waals surface area contributed by atoms with Gasteiger partial charge in [0.1, 0.15) is 0 Å². The summed E-state index contributed by atoms with van der Waals surface area (Å²) in [6.45, 7) is 1.78. The first-order chi connectivity index (χ1) is 6.11. The number of carbonyl (C=O) groups excluding carboxylic acids is 1. The van der Waals surface area contributed by atoms with E-state index in [0.29, 0.717) is 6.42 Å². The van der Waals surface area contributed by atoms with Gasteiger partial charge in [-0.3, -0.25) is 9.59 Å². The zero-order chi connectivity index (χ0) is 9.84. The second-order valence-electron chi connectivity index (χ2n) is 3.01. The zero-order valence-corrected chi connectivity index (χ0v) is 8.32. The molecule has 13 heavy (non-hydrogen) atoms. The van der Waals surface area contributed by atoms with Gasteiger partial charge in [0.25, 0.3) is 0 Å². The van der Waals surface area contributed by atoms with Gasteiger partial charge in [0.15, 0.2) is 5.78 Å². The topological polar surface area (TPSA) is 54.4 Å². The molecule has 1 rings (SSSR count). The predicted molar refractivity (Wildman–Crippen MR) is 51.7 cm³/mol. The van der Waals surface area contributed by atoms with Crippen LogP contribution in [0.25, 0.3) is 0 Å². The van der Waals surface area contributed by atoms with Crippen LogP contribution in [0, 0.1) is 0 Å². The zero-order valence-electron chi connectivity index (χ0n) is 7.50. The number of hydrogen-bond acceptors (Lipinski definition) is 3. The van der Waals surface area contributed by atoms with Gasteiger partial charge in [0.2, 0.25) is 0 Å². The van der Waals surface area contributed by atoms with E-state index in [1.54, 1.807) is 6.92 Å². The van der Waals surface area contributed by atoms with Gasteiger partial charge >= 0.3 is 5.97 Å². The summed E-state index contributed by atoms with van der Waals surface area (Å²) in [6.07, 6.45) is 2.33. The molecule has 0 aromatic rings. The van der Waals surface area contributed by atoms with Crippen LogP contribution in [0.1, 0.15) is 26.2 Å². The van der Waals surface area contributed by atoms with E-state index < -0.39 is 5.97 Å². The number of Topliss-reactive ketones (excluding diaryl/α,β-unsaturated/α-hetero) is 1. The average Bonchev–Trinajstić information content (AvgIpc) is 2.07. The normalized spacial score (nSPS) is 17.8. The van der Waals surface area contributed by atoms with E-state index in [2.05, 4.69) is 0 Å². The standard InChI is InChI=1S/C9H12O3S/c1-6-7(10)3-2-4-8(6)13-5-9(11)12/h2-5H2,1H3,(H,11,12). The smallest absolute Gasteiger partial charge is 0.313 e. The van der Waals surface area contributed by atoms with Gasteiger partial charge in [0.05, 0.1) is 5.75 Å². The molecule has 0 fully saturated rings. The van der Waals surface area contributed by atoms with Gasteiger partial charge in [-0.05, 0) is 24.7 Å². The van der Waals surface area contributed by atoms with Crippen molar-refractivity contribution >= 4 is 23.5 Å². The van der Waals surface area contributed by atoms with E-state index in [0.717, 1.165) is 23.3 Å². The molecule has 0 saturated heterocycles. The molecule has 0 bridgehead atoms. The number of rotatable bonds is 3. The predicted octanol–water partition coefficient (Wildman–Crippen LogP) is 1.83. The number of aliphatic carboxylic acids is 1. The third-order valence-electron chi connectivity index (χ3n) is 2.01. The Bertz CT molecular complexity index is 268. The van der Waals surface area contributed by atoms with Crippen molar-refractivity contribution in [3.8, 4) is 0 Å². The molecule has 1 N–H and O–H groups in total. The van der Waals surface area contributed by atoms with Gasteiger partial charge < -0.3 is 5.11 Å². The van der Waals surface area contributed by atoms with Crippen molar-refractivity contribution in [3.63, 3.8) is 0 Å². The second kappa shape index (κ2) is 4.46. The third-order valence-corrected chi connectivity index (χ3v) is 3.26. The Kier molecular flexibility index (Phi) is 3.54. The summed E-state index contributed by atoms with van der Waals surface area (Å²) < 4.78 is 0. The van der Waals surface area contributed by atoms with Crippen molar-refractivity contribution in [1.29, 1.82) is 0 Å². The molecule has 0 unspecified atom stereocenters. The lowest BCUT2D eigenvalue weighted by Crippen LogP contribution is -2.09. The van der Waals surface area contributed by atoms with Gasteiger partial charge in [-0.2, -0.15) is 0 Å². The lowest BCUT2D eigenvalue weighted by Gasteiger charge is -2.14. The van der Waals surface area contributed by atoms with Crippen LogP contribution in [-0.2, 0) is 9.59 Å². The van der Waals surface area contributed by atoms with Crippen LogP contribution < -0.4 is 0 Å². The second-order valence-corrected chi connectivity index (χ2v) is 4.08. The lowest BCUT2D eigenvalue weighted by molar-refractivity contribution is -0.133. The minimum atomic E-state index is -0.830. The molecule has 1 aliphatic rings. The van der Waals surface area contributed by atoms with Crippen molar-refractivity contribution in [3.05, 3.63) is 10.5 Å². The van der Waals surface area contributed by atoms with Gasteiger partial charge in [-0.1, -0.05) is 0 Å². The maximum Gasteiger partial charge on any atom is 0.313 e. The molecule has 72 valence electrons. The third kappa shape index (κ3) is 2.88. The Labute approximate surface area is 81.2 Å². The molecule has 0 heterocycles. The van der Waals surface area contributed by atoms with Crippen molar-refractivity contribution in [2.24, 2.45) is 0 Å². The minimum Gasteiger partial charge on any atom is -0.481 e. The summed E-state index contributed by atoms with van der Waals surface area (Å²) in [5, 5.41) is 8.47. The van der Waals surface area contributed by atoms with Crippen LogP contribution in [0.15, 0.2) is 10.5 Å². The van der Waals surface area contributed by atoms with Crippen LogP contribution in [0.5, 0.6) is 0 Å². The molecule has 0 spiro atoms. The van der Waals surface area contributed by atoms with Crippen molar-refractivity contribution in [2.45, 2.75) is 26.2 Å². The molecule has 0 aliphatic heterocycles. The van der Waals surface area contributed by atoms with E-state index in [9.17, 15) is 9.59 Å². The highest BCUT2D eigenvalue weighted by Crippen LogP contribution is 2.30. The first-order valence-corrected chi connectivity index (χ1v) is 5.17. The molecular weight excluding hydrogens is 188 g/mol. The summed E-state index contributed by atoms with van der Waals surface area (Å²) >= 11 is 1.28. The van der Waals surface area contributed by atoms with Gasteiger partial charge in [-0.25, -0.2) is 0 Å². The minimum absolute atomic E-state index is 0.0555. The molecule has 0 saturated carbocycles. The number of carbonyl (C=O) groups is 2. The van der Waals surface area contributed by atoms with Crippen LogP contribution in [-0.4, -0.2) is 22.6 Å². The Morgan fingerprint density at radius 2 is 2.23 bits per heavy atom. The Balaban J connectivity index is 2.61. The highest BCUT2D eigenvalue weighted by atomic mass is 32.2. The summed E-state index contributed by atoms with van der Waals surface area (Å²) in [6, 6.07) is 0. The number of ketones is 1. The van der Waals surface area contributed by atoms with Crippen LogP contribution in [0.3, 0.4) is 0 Å². The average molecular weight is 200 g/mol. The maximum absolute atomic E-state index is 11.2. The molecule has 0 aromatic heterocycles. The molecular formula is C9H12O3S. The maximum atomic E-state index is 11.2. The van der Waals surface area contributed by atoms with E-state index in [-0.39, 0.29) is 11.5 Å². The van der Waals surface area contributed by atoms with Gasteiger partial charge in [0, 0.05) is 12.0 Å². The van der Waals surface area contributed by atoms with Gasteiger partial charge in [-0.15, -0.1) is 11.8 Å². The van der Waals surface area contributed by atoms with Crippen LogP contribution in [0.4, 0.5) is 0 Å². The number of thioether (sulfide) groups is 1. The van der Waals surface area contributed by atoms with E-state index in [1.807, 2.05) is 0 Å². The fraction of sp³-hybridized carbons (Fsp3) is 0.556. The molecule has 0 atom stereocenters. The summed E-state index contributed by atoms with van der Waals surface area (Å²) in [5.41, 5.74) is 0.762. The molecule has 0 aromatic carbocycles. The molecule has 0 amide bonds. The quantitative estimate of drug-likeness (QED) is 0.755. The Hall–Kier alpha value is -0.770. The van der Waals surface area contributed by atoms with E-state index >= 15 is 0 Å². The Morgan fingerprint density at radius 1 is 1.54 bits per heavy atom. The summed E-state index contributed by atoms with van der Waals surface area (Å²) in [7, 11) is 0. The van der Waals surface area contributed by atoms with Crippen molar-refractivity contribution in [1.82, 2.24) is 0 Å². The van der Waals surface area contributed by atoms with E-state index in [1.165, 1.54) is 11.8 Å². The lowest BCUT2D eigenvalue weighted by atomic mass is 9.99. The van der Waals surface area contributed by atoms with Crippen molar-refractivity contribution < 1.29 is 14.7 Å². The summed E-state index contributed by atoms with van der Waals surface area (Å²) in [4.78, 5) is 22.5.